The van der Waals surface area contributed by atoms with Gasteiger partial charge < -0.3 is 4.74 Å². The van der Waals surface area contributed by atoms with Gasteiger partial charge in [0.05, 0.1) is 27.9 Å². The molecular weight excluding hydrogens is 384 g/mol. The molecule has 0 spiro atoms. The highest BCUT2D eigenvalue weighted by Gasteiger charge is 2.29. The van der Waals surface area contributed by atoms with Gasteiger partial charge in [-0.2, -0.15) is 0 Å². The predicted octanol–water partition coefficient (Wildman–Crippen LogP) is 4.56. The average molecular weight is 399 g/mol. The summed E-state index contributed by atoms with van der Waals surface area (Å²) >= 11 is 6.15. The maximum absolute atomic E-state index is 13.1. The second kappa shape index (κ2) is 7.50. The third kappa shape index (κ3) is 3.59. The first-order valence-electron chi connectivity index (χ1n) is 8.26. The summed E-state index contributed by atoms with van der Waals surface area (Å²) in [5, 5.41) is 0.462. The lowest BCUT2D eigenvalue weighted by Gasteiger charge is -2.22. The first kappa shape index (κ1) is 17.7. The molecule has 27 heavy (non-hydrogen) atoms. The summed E-state index contributed by atoms with van der Waals surface area (Å²) in [5.41, 5.74) is 2.14. The molecule has 1 amide bonds. The molecule has 1 atom stereocenters. The van der Waals surface area contributed by atoms with Crippen molar-refractivity contribution in [3.05, 3.63) is 83.1 Å². The fraction of sp³-hybridized carbons (Fsp3) is 0.100. The zero-order valence-corrected chi connectivity index (χ0v) is 15.7. The van der Waals surface area contributed by atoms with Gasteiger partial charge >= 0.3 is 6.09 Å². The van der Waals surface area contributed by atoms with Gasteiger partial charge in [-0.05, 0) is 47.5 Å². The number of carbonyl (C=O) groups is 1. The Balaban J connectivity index is 1.70. The van der Waals surface area contributed by atoms with Gasteiger partial charge in [-0.25, -0.2) is 9.00 Å². The van der Waals surface area contributed by atoms with Crippen LogP contribution in [0.25, 0.3) is 0 Å². The van der Waals surface area contributed by atoms with E-state index in [1.54, 1.807) is 42.7 Å². The van der Waals surface area contributed by atoms with Gasteiger partial charge in [-0.3, -0.25) is 9.88 Å². The van der Waals surface area contributed by atoms with Gasteiger partial charge in [-0.15, -0.1) is 0 Å². The highest BCUT2D eigenvalue weighted by Crippen LogP contribution is 2.36. The zero-order chi connectivity index (χ0) is 18.8. The zero-order valence-electron chi connectivity index (χ0n) is 14.2. The van der Waals surface area contributed by atoms with Crippen LogP contribution in [0.3, 0.4) is 0 Å². The molecule has 0 bridgehead atoms. The van der Waals surface area contributed by atoms with Crippen LogP contribution in [0.5, 0.6) is 0 Å². The number of aromatic nitrogens is 1. The lowest BCUT2D eigenvalue weighted by molar-refractivity contribution is 0.146. The van der Waals surface area contributed by atoms with E-state index < -0.39 is 16.9 Å². The highest BCUT2D eigenvalue weighted by molar-refractivity contribution is 7.85. The Morgan fingerprint density at radius 3 is 2.70 bits per heavy atom. The van der Waals surface area contributed by atoms with E-state index in [2.05, 4.69) is 4.98 Å². The van der Waals surface area contributed by atoms with Crippen LogP contribution in [0, 0.1) is 0 Å². The number of fused-ring (bicyclic) bond motifs is 2. The number of ether oxygens (including phenoxy) is 1. The minimum Gasteiger partial charge on any atom is -0.444 e. The Labute approximate surface area is 164 Å². The van der Waals surface area contributed by atoms with Gasteiger partial charge in [0.15, 0.2) is 0 Å². The quantitative estimate of drug-likeness (QED) is 0.635. The maximum atomic E-state index is 13.1. The van der Waals surface area contributed by atoms with E-state index >= 15 is 0 Å². The average Bonchev–Trinajstić information content (AvgIpc) is 2.82. The molecule has 2 heterocycles. The molecular formula is C20H15ClN2O3S. The van der Waals surface area contributed by atoms with Crippen LogP contribution in [0.1, 0.15) is 11.1 Å². The number of hydrogen-bond acceptors (Lipinski definition) is 4. The molecule has 7 heteroatoms. The monoisotopic (exact) mass is 398 g/mol. The molecule has 1 unspecified atom stereocenters. The van der Waals surface area contributed by atoms with E-state index in [4.69, 9.17) is 16.3 Å². The number of amides is 1. The lowest BCUT2D eigenvalue weighted by atomic mass is 10.2. The first-order chi connectivity index (χ1) is 13.1. The van der Waals surface area contributed by atoms with Crippen LogP contribution in [0.15, 0.2) is 76.8 Å². The van der Waals surface area contributed by atoms with E-state index in [-0.39, 0.29) is 13.2 Å². The van der Waals surface area contributed by atoms with Crippen molar-refractivity contribution in [2.24, 2.45) is 0 Å². The summed E-state index contributed by atoms with van der Waals surface area (Å²) in [4.78, 5) is 19.5. The molecule has 2 aromatic carbocycles. The van der Waals surface area contributed by atoms with Crippen LogP contribution in [0.2, 0.25) is 5.02 Å². The van der Waals surface area contributed by atoms with Crippen molar-refractivity contribution in [2.45, 2.75) is 22.9 Å². The number of carbonyl (C=O) groups excluding carboxylic acids is 1. The number of rotatable bonds is 2. The Morgan fingerprint density at radius 1 is 1.11 bits per heavy atom. The Morgan fingerprint density at radius 2 is 1.89 bits per heavy atom. The minimum atomic E-state index is -1.41. The Hall–Kier alpha value is -2.70. The Kier molecular flexibility index (Phi) is 4.92. The van der Waals surface area contributed by atoms with Crippen molar-refractivity contribution in [3.8, 4) is 0 Å². The van der Waals surface area contributed by atoms with Crippen LogP contribution in [-0.4, -0.2) is 15.3 Å². The standard InChI is InChI=1S/C20H15ClN2O3S/c21-16-5-6-19-17(11-16)23(12-15-3-1-2-4-18(15)27(19)25)20(24)26-13-14-7-9-22-10-8-14/h1-11H,12-13H2. The predicted molar refractivity (Wildman–Crippen MR) is 103 cm³/mol. The van der Waals surface area contributed by atoms with Crippen LogP contribution in [-0.2, 0) is 28.7 Å². The summed E-state index contributed by atoms with van der Waals surface area (Å²) < 4.78 is 18.6. The third-order valence-corrected chi connectivity index (χ3v) is 6.02. The molecule has 5 nitrogen and oxygen atoms in total. The number of hydrogen-bond donors (Lipinski definition) is 0. The molecule has 0 saturated heterocycles. The lowest BCUT2D eigenvalue weighted by Crippen LogP contribution is -2.31. The smallest absolute Gasteiger partial charge is 0.414 e. The van der Waals surface area contributed by atoms with E-state index in [0.717, 1.165) is 11.1 Å². The minimum absolute atomic E-state index is 0.124. The van der Waals surface area contributed by atoms with Crippen LogP contribution >= 0.6 is 11.6 Å². The van der Waals surface area contributed by atoms with E-state index in [9.17, 15) is 9.00 Å². The van der Waals surface area contributed by atoms with Gasteiger partial charge in [0.2, 0.25) is 0 Å². The fourth-order valence-electron chi connectivity index (χ4n) is 2.91. The molecule has 0 aliphatic carbocycles. The number of benzene rings is 2. The molecule has 1 aliphatic heterocycles. The van der Waals surface area contributed by atoms with Crippen molar-refractivity contribution in [1.29, 1.82) is 0 Å². The molecule has 0 radical (unpaired) electrons. The van der Waals surface area contributed by atoms with Crippen LogP contribution in [0.4, 0.5) is 10.5 Å². The van der Waals surface area contributed by atoms with Crippen molar-refractivity contribution in [1.82, 2.24) is 4.98 Å². The number of nitrogens with zero attached hydrogens (tertiary/aromatic N) is 2. The summed E-state index contributed by atoms with van der Waals surface area (Å²) in [6.45, 7) is 0.378. The second-order valence-corrected chi connectivity index (χ2v) is 7.84. The molecule has 1 aromatic heterocycles. The molecule has 4 rings (SSSR count). The van der Waals surface area contributed by atoms with Crippen molar-refractivity contribution < 1.29 is 13.7 Å². The molecule has 0 fully saturated rings. The van der Waals surface area contributed by atoms with Crippen LogP contribution < -0.4 is 4.90 Å². The van der Waals surface area contributed by atoms with Crippen molar-refractivity contribution in [3.63, 3.8) is 0 Å². The van der Waals surface area contributed by atoms with E-state index in [1.807, 2.05) is 24.3 Å². The normalized spacial score (nSPS) is 15.4. The van der Waals surface area contributed by atoms with Gasteiger partial charge in [0.1, 0.15) is 6.61 Å². The highest BCUT2D eigenvalue weighted by atomic mass is 35.5. The largest absolute Gasteiger partial charge is 0.444 e. The fourth-order valence-corrected chi connectivity index (χ4v) is 4.44. The Bertz CT molecular complexity index is 1030. The molecule has 0 N–H and O–H groups in total. The van der Waals surface area contributed by atoms with Crippen molar-refractivity contribution >= 4 is 34.2 Å². The molecule has 0 saturated carbocycles. The second-order valence-electron chi connectivity index (χ2n) is 5.98. The maximum Gasteiger partial charge on any atom is 0.414 e. The third-order valence-electron chi connectivity index (χ3n) is 4.24. The SMILES string of the molecule is O=C(OCc1ccncc1)N1Cc2ccccc2S(=O)c2ccc(Cl)cc21. The first-order valence-corrected chi connectivity index (χ1v) is 9.78. The topological polar surface area (TPSA) is 59.5 Å². The number of anilines is 1. The van der Waals surface area contributed by atoms with E-state index in [0.29, 0.717) is 20.5 Å². The van der Waals surface area contributed by atoms with Gasteiger partial charge in [-0.1, -0.05) is 29.8 Å². The molecule has 1 aliphatic rings. The summed E-state index contributed by atoms with van der Waals surface area (Å²) in [7, 11) is -1.41. The number of halogens is 1. The van der Waals surface area contributed by atoms with E-state index in [1.165, 1.54) is 4.90 Å². The summed E-state index contributed by atoms with van der Waals surface area (Å²) in [6, 6.07) is 16.0. The molecule has 136 valence electrons. The van der Waals surface area contributed by atoms with Crippen molar-refractivity contribution in [2.75, 3.05) is 4.90 Å². The summed E-state index contributed by atoms with van der Waals surface area (Å²) in [5.74, 6) is 0. The van der Waals surface area contributed by atoms with Gasteiger partial charge in [0, 0.05) is 22.3 Å². The molecule has 3 aromatic rings. The van der Waals surface area contributed by atoms with Gasteiger partial charge in [0.25, 0.3) is 0 Å². The number of pyridine rings is 1. The summed E-state index contributed by atoms with van der Waals surface area (Å²) in [6.07, 6.45) is 2.76.